The Hall–Kier alpha value is -2.89. The summed E-state index contributed by atoms with van der Waals surface area (Å²) < 4.78 is 0. The average Bonchev–Trinajstić information content (AvgIpc) is 2.55. The first-order chi connectivity index (χ1) is 11.5. The Balaban J connectivity index is 1.74. The Morgan fingerprint density at radius 3 is 2.50 bits per heavy atom. The molecule has 126 valence electrons. The minimum atomic E-state index is -0.429. The summed E-state index contributed by atoms with van der Waals surface area (Å²) in [5.74, 6) is -0.0193. The van der Waals surface area contributed by atoms with Crippen LogP contribution in [0.2, 0.25) is 0 Å². The summed E-state index contributed by atoms with van der Waals surface area (Å²) in [6.07, 6.45) is 1.08. The van der Waals surface area contributed by atoms with Crippen LogP contribution in [-0.4, -0.2) is 17.4 Å². The van der Waals surface area contributed by atoms with Crippen LogP contribution in [0.1, 0.15) is 24.0 Å². The number of nitro benzene ring substituents is 1. The van der Waals surface area contributed by atoms with Crippen molar-refractivity contribution < 1.29 is 9.72 Å². The van der Waals surface area contributed by atoms with E-state index in [2.05, 4.69) is 10.6 Å². The van der Waals surface area contributed by atoms with Crippen LogP contribution in [0.4, 0.5) is 17.1 Å². The van der Waals surface area contributed by atoms with E-state index < -0.39 is 4.92 Å². The van der Waals surface area contributed by atoms with E-state index in [0.29, 0.717) is 19.4 Å². The fraction of sp³-hybridized carbons (Fsp3) is 0.278. The fourth-order valence-electron chi connectivity index (χ4n) is 2.27. The molecule has 0 atom stereocenters. The number of nitrogens with one attached hydrogen (secondary N) is 2. The smallest absolute Gasteiger partial charge is 0.269 e. The molecule has 24 heavy (non-hydrogen) atoms. The first-order valence-corrected chi connectivity index (χ1v) is 7.81. The van der Waals surface area contributed by atoms with Crippen molar-refractivity contribution in [2.24, 2.45) is 0 Å². The molecule has 0 saturated carbocycles. The van der Waals surface area contributed by atoms with Gasteiger partial charge in [0.05, 0.1) is 4.92 Å². The van der Waals surface area contributed by atoms with Gasteiger partial charge in [-0.2, -0.15) is 0 Å². The number of benzene rings is 2. The van der Waals surface area contributed by atoms with Gasteiger partial charge in [-0.05, 0) is 49.6 Å². The maximum Gasteiger partial charge on any atom is 0.269 e. The monoisotopic (exact) mass is 327 g/mol. The molecular weight excluding hydrogens is 306 g/mol. The molecular formula is C18H21N3O3. The first-order valence-electron chi connectivity index (χ1n) is 7.81. The molecule has 6 nitrogen and oxygen atoms in total. The van der Waals surface area contributed by atoms with Gasteiger partial charge in [0.25, 0.3) is 5.69 Å². The molecule has 0 heterocycles. The van der Waals surface area contributed by atoms with Crippen molar-refractivity contribution in [2.75, 3.05) is 17.2 Å². The lowest BCUT2D eigenvalue weighted by molar-refractivity contribution is -0.384. The van der Waals surface area contributed by atoms with Crippen molar-refractivity contribution >= 4 is 23.0 Å². The second kappa shape index (κ2) is 8.10. The molecule has 0 aromatic heterocycles. The zero-order chi connectivity index (χ0) is 17.5. The van der Waals surface area contributed by atoms with Crippen molar-refractivity contribution in [1.29, 1.82) is 0 Å². The van der Waals surface area contributed by atoms with Gasteiger partial charge < -0.3 is 10.6 Å². The number of hydrogen-bond acceptors (Lipinski definition) is 4. The molecule has 1 amide bonds. The predicted molar refractivity (Wildman–Crippen MR) is 95.4 cm³/mol. The first kappa shape index (κ1) is 17.5. The third-order valence-electron chi connectivity index (χ3n) is 3.66. The van der Waals surface area contributed by atoms with E-state index in [4.69, 9.17) is 0 Å². The molecule has 0 aliphatic heterocycles. The lowest BCUT2D eigenvalue weighted by Gasteiger charge is -2.10. The molecule has 2 aromatic carbocycles. The van der Waals surface area contributed by atoms with Gasteiger partial charge in [-0.15, -0.1) is 0 Å². The van der Waals surface area contributed by atoms with Crippen LogP contribution in [0.3, 0.4) is 0 Å². The molecule has 6 heteroatoms. The van der Waals surface area contributed by atoms with Gasteiger partial charge in [0.1, 0.15) is 0 Å². The van der Waals surface area contributed by atoms with E-state index in [1.807, 2.05) is 32.0 Å². The Morgan fingerprint density at radius 2 is 1.83 bits per heavy atom. The van der Waals surface area contributed by atoms with Crippen LogP contribution in [0.5, 0.6) is 0 Å². The second-order valence-corrected chi connectivity index (χ2v) is 5.70. The maximum atomic E-state index is 12.0. The fourth-order valence-corrected chi connectivity index (χ4v) is 2.27. The Bertz CT molecular complexity index is 727. The Morgan fingerprint density at radius 1 is 1.12 bits per heavy atom. The molecule has 2 rings (SSSR count). The van der Waals surface area contributed by atoms with Gasteiger partial charge in [0.15, 0.2) is 0 Å². The number of hydrogen-bond donors (Lipinski definition) is 2. The number of amides is 1. The standard InChI is InChI=1S/C18H21N3O3/c1-13-5-6-14(2)17(12-13)20-18(22)4-3-11-19-15-7-9-16(10-8-15)21(23)24/h5-10,12,19H,3-4,11H2,1-2H3,(H,20,22). The van der Waals surface area contributed by atoms with E-state index in [9.17, 15) is 14.9 Å². The summed E-state index contributed by atoms with van der Waals surface area (Å²) in [6.45, 7) is 4.58. The van der Waals surface area contributed by atoms with E-state index in [-0.39, 0.29) is 11.6 Å². The normalized spacial score (nSPS) is 10.2. The van der Waals surface area contributed by atoms with Crippen molar-refractivity contribution in [2.45, 2.75) is 26.7 Å². The number of carbonyl (C=O) groups is 1. The molecule has 0 fully saturated rings. The predicted octanol–water partition coefficient (Wildman–Crippen LogP) is 4.04. The van der Waals surface area contributed by atoms with Crippen molar-refractivity contribution in [3.63, 3.8) is 0 Å². The van der Waals surface area contributed by atoms with Gasteiger partial charge >= 0.3 is 0 Å². The third kappa shape index (κ3) is 5.08. The average molecular weight is 327 g/mol. The van der Waals surface area contributed by atoms with Crippen LogP contribution >= 0.6 is 0 Å². The number of non-ortho nitro benzene ring substituents is 1. The van der Waals surface area contributed by atoms with Gasteiger partial charge in [-0.1, -0.05) is 12.1 Å². The zero-order valence-electron chi connectivity index (χ0n) is 13.8. The summed E-state index contributed by atoms with van der Waals surface area (Å²) in [5, 5.41) is 16.7. The molecule has 0 saturated heterocycles. The number of nitro groups is 1. The highest BCUT2D eigenvalue weighted by molar-refractivity contribution is 5.91. The number of nitrogens with zero attached hydrogens (tertiary/aromatic N) is 1. The molecule has 0 radical (unpaired) electrons. The van der Waals surface area contributed by atoms with E-state index in [0.717, 1.165) is 22.5 Å². The minimum Gasteiger partial charge on any atom is -0.385 e. The highest BCUT2D eigenvalue weighted by Gasteiger charge is 2.06. The van der Waals surface area contributed by atoms with Crippen molar-refractivity contribution in [1.82, 2.24) is 0 Å². The number of rotatable bonds is 7. The van der Waals surface area contributed by atoms with E-state index >= 15 is 0 Å². The molecule has 0 unspecified atom stereocenters. The summed E-state index contributed by atoms with van der Waals surface area (Å²) in [5.41, 5.74) is 3.86. The molecule has 2 aromatic rings. The quantitative estimate of drug-likeness (QED) is 0.456. The highest BCUT2D eigenvalue weighted by atomic mass is 16.6. The summed E-state index contributed by atoms with van der Waals surface area (Å²) in [6, 6.07) is 12.2. The van der Waals surface area contributed by atoms with Crippen molar-refractivity contribution in [3.8, 4) is 0 Å². The topological polar surface area (TPSA) is 84.3 Å². The van der Waals surface area contributed by atoms with Crippen molar-refractivity contribution in [3.05, 3.63) is 63.7 Å². The Labute approximate surface area is 141 Å². The molecule has 2 N–H and O–H groups in total. The Kier molecular flexibility index (Phi) is 5.89. The second-order valence-electron chi connectivity index (χ2n) is 5.70. The van der Waals surface area contributed by atoms with E-state index in [1.165, 1.54) is 12.1 Å². The zero-order valence-corrected chi connectivity index (χ0v) is 13.8. The molecule has 0 bridgehead atoms. The third-order valence-corrected chi connectivity index (χ3v) is 3.66. The molecule has 0 aliphatic carbocycles. The van der Waals surface area contributed by atoms with Gasteiger partial charge in [-0.3, -0.25) is 14.9 Å². The summed E-state index contributed by atoms with van der Waals surface area (Å²) in [7, 11) is 0. The number of carbonyl (C=O) groups excluding carboxylic acids is 1. The number of aryl methyl sites for hydroxylation is 2. The minimum absolute atomic E-state index is 0.0193. The van der Waals surface area contributed by atoms with Gasteiger partial charge in [0, 0.05) is 36.5 Å². The van der Waals surface area contributed by atoms with Crippen LogP contribution in [0.15, 0.2) is 42.5 Å². The van der Waals surface area contributed by atoms with Gasteiger partial charge in [-0.25, -0.2) is 0 Å². The molecule has 0 spiro atoms. The SMILES string of the molecule is Cc1ccc(C)c(NC(=O)CCCNc2ccc([N+](=O)[O-])cc2)c1. The highest BCUT2D eigenvalue weighted by Crippen LogP contribution is 2.17. The van der Waals surface area contributed by atoms with Crippen LogP contribution < -0.4 is 10.6 Å². The summed E-state index contributed by atoms with van der Waals surface area (Å²) in [4.78, 5) is 22.1. The van der Waals surface area contributed by atoms with Crippen LogP contribution in [0, 0.1) is 24.0 Å². The molecule has 0 aliphatic rings. The lowest BCUT2D eigenvalue weighted by atomic mass is 10.1. The maximum absolute atomic E-state index is 12.0. The lowest BCUT2D eigenvalue weighted by Crippen LogP contribution is -2.14. The van der Waals surface area contributed by atoms with Crippen LogP contribution in [0.25, 0.3) is 0 Å². The number of anilines is 2. The van der Waals surface area contributed by atoms with E-state index in [1.54, 1.807) is 12.1 Å². The largest absolute Gasteiger partial charge is 0.385 e. The van der Waals surface area contributed by atoms with Crippen LogP contribution in [-0.2, 0) is 4.79 Å². The summed E-state index contributed by atoms with van der Waals surface area (Å²) >= 11 is 0. The van der Waals surface area contributed by atoms with Gasteiger partial charge in [0.2, 0.25) is 5.91 Å².